The highest BCUT2D eigenvalue weighted by atomic mass is 19.1. The number of carbonyl (C=O) groups is 3. The van der Waals surface area contributed by atoms with Crippen molar-refractivity contribution in [2.45, 2.75) is 194 Å². The summed E-state index contributed by atoms with van der Waals surface area (Å²) in [7, 11) is 0. The molecule has 3 heterocycles. The highest BCUT2D eigenvalue weighted by Gasteiger charge is 2.49. The Kier molecular flexibility index (Phi) is 11.8. The smallest absolute Gasteiger partial charge is 0.340 e. The number of benzene rings is 1. The quantitative estimate of drug-likeness (QED) is 0.184. The van der Waals surface area contributed by atoms with Crippen molar-refractivity contribution in [3.8, 4) is 0 Å². The van der Waals surface area contributed by atoms with Gasteiger partial charge in [0, 0.05) is 71.8 Å². The van der Waals surface area contributed by atoms with E-state index in [4.69, 9.17) is 14.2 Å². The molecule has 9 nitrogen and oxygen atoms in total. The Balaban J connectivity index is 1.74. The van der Waals surface area contributed by atoms with Crippen LogP contribution in [0.15, 0.2) is 12.1 Å². The first-order valence-electron chi connectivity index (χ1n) is 19.5. The van der Waals surface area contributed by atoms with Gasteiger partial charge in [0.25, 0.3) is 0 Å². The van der Waals surface area contributed by atoms with Gasteiger partial charge in [0.1, 0.15) is 24.1 Å². The second-order valence-corrected chi connectivity index (χ2v) is 19.3. The molecule has 3 saturated heterocycles. The van der Waals surface area contributed by atoms with E-state index in [-0.39, 0.29) is 49.9 Å². The molecular weight excluding hydrogens is 661 g/mol. The number of ether oxygens (including phenoxy) is 3. The maximum absolute atomic E-state index is 15.6. The highest BCUT2D eigenvalue weighted by molar-refractivity contribution is 6.10. The van der Waals surface area contributed by atoms with Crippen LogP contribution in [0.1, 0.15) is 173 Å². The van der Waals surface area contributed by atoms with Crippen molar-refractivity contribution < 1.29 is 33.0 Å². The minimum Gasteiger partial charge on any atom is -0.459 e. The van der Waals surface area contributed by atoms with Gasteiger partial charge in [-0.25, -0.2) is 18.8 Å². The molecule has 3 aliphatic heterocycles. The number of halogens is 1. The predicted octanol–water partition coefficient (Wildman–Crippen LogP) is 8.42. The predicted molar refractivity (Wildman–Crippen MR) is 203 cm³/mol. The van der Waals surface area contributed by atoms with Gasteiger partial charge in [-0.2, -0.15) is 0 Å². The third-order valence-corrected chi connectivity index (χ3v) is 12.3. The van der Waals surface area contributed by atoms with Gasteiger partial charge in [-0.05, 0) is 115 Å². The fourth-order valence-corrected chi connectivity index (χ4v) is 11.3. The van der Waals surface area contributed by atoms with Gasteiger partial charge in [-0.3, -0.25) is 14.7 Å². The van der Waals surface area contributed by atoms with Crippen molar-refractivity contribution in [2.24, 2.45) is 0 Å². The van der Waals surface area contributed by atoms with Crippen molar-refractivity contribution in [1.82, 2.24) is 14.7 Å². The fraction of sp³-hybridized carbons (Fsp3) is 0.786. The third-order valence-electron chi connectivity index (χ3n) is 12.3. The van der Waals surface area contributed by atoms with Crippen LogP contribution in [-0.2, 0) is 14.2 Å². The summed E-state index contributed by atoms with van der Waals surface area (Å²) in [5, 5.41) is 0. The molecule has 4 rings (SSSR count). The van der Waals surface area contributed by atoms with Crippen molar-refractivity contribution in [3.05, 3.63) is 34.6 Å². The molecule has 0 bridgehead atoms. The van der Waals surface area contributed by atoms with Gasteiger partial charge in [0.05, 0.1) is 16.7 Å². The summed E-state index contributed by atoms with van der Waals surface area (Å²) in [5.74, 6) is -3.41. The summed E-state index contributed by atoms with van der Waals surface area (Å²) in [6, 6.07) is 1.99. The fourth-order valence-electron chi connectivity index (χ4n) is 11.3. The summed E-state index contributed by atoms with van der Waals surface area (Å²) >= 11 is 0. The van der Waals surface area contributed by atoms with Crippen molar-refractivity contribution >= 4 is 17.9 Å². The number of nitrogens with zero attached hydrogens (tertiary/aromatic N) is 3. The van der Waals surface area contributed by atoms with Crippen molar-refractivity contribution in [1.29, 1.82) is 0 Å². The van der Waals surface area contributed by atoms with Crippen LogP contribution < -0.4 is 0 Å². The minimum atomic E-state index is -0.859. The zero-order chi connectivity index (χ0) is 39.4. The lowest BCUT2D eigenvalue weighted by Crippen LogP contribution is -2.62. The van der Waals surface area contributed by atoms with Gasteiger partial charge in [-0.15, -0.1) is 0 Å². The molecular formula is C42H68FN3O6. The lowest BCUT2D eigenvalue weighted by molar-refractivity contribution is -0.0867. The van der Waals surface area contributed by atoms with Gasteiger partial charge in [0.2, 0.25) is 0 Å². The SMILES string of the molecule is CCN1C(C)(C)CC(OC(=O)c2cc(F)cc(C(=O)OC3CC(C)(C)N(CC)C(C)(C)C3)c2C(=O)OC2CC(C)(C)N(CC)C(C)(C)C2)CC1(C)C. The Morgan fingerprint density at radius 2 is 0.750 bits per heavy atom. The molecule has 0 N–H and O–H groups in total. The van der Waals surface area contributed by atoms with E-state index in [0.717, 1.165) is 31.8 Å². The summed E-state index contributed by atoms with van der Waals surface area (Å²) in [6.07, 6.45) is 1.85. The molecule has 1 aromatic rings. The topological polar surface area (TPSA) is 88.6 Å². The molecule has 3 aliphatic rings. The monoisotopic (exact) mass is 730 g/mol. The zero-order valence-corrected chi connectivity index (χ0v) is 34.9. The lowest BCUT2D eigenvalue weighted by atomic mass is 9.78. The summed E-state index contributed by atoms with van der Waals surface area (Å²) in [6.45, 7) is 34.3. The standard InChI is InChI=1S/C42H68FN3O6/c1-16-44-37(4,5)21-28(22-38(44,6)7)50-34(47)31-19-27(43)20-32(35(48)51-29-23-39(8,9)45(17-2)40(10,11)24-29)33(31)36(49)52-30-25-41(12,13)46(18-3)42(14,15)26-30/h19-20,28-30H,16-18,21-26H2,1-15H3. The van der Waals surface area contributed by atoms with E-state index in [1.807, 2.05) is 0 Å². The molecule has 0 aromatic heterocycles. The summed E-state index contributed by atoms with van der Waals surface area (Å²) in [5.41, 5.74) is -2.62. The van der Waals surface area contributed by atoms with Crippen LogP contribution in [0.3, 0.4) is 0 Å². The first-order valence-corrected chi connectivity index (χ1v) is 19.5. The molecule has 10 heteroatoms. The second-order valence-electron chi connectivity index (χ2n) is 19.3. The second kappa shape index (κ2) is 14.6. The number of carbonyl (C=O) groups excluding carboxylic acids is 3. The molecule has 0 spiro atoms. The lowest BCUT2D eigenvalue weighted by Gasteiger charge is -2.54. The maximum Gasteiger partial charge on any atom is 0.340 e. The molecule has 0 amide bonds. The zero-order valence-electron chi connectivity index (χ0n) is 34.9. The molecule has 0 atom stereocenters. The number of rotatable bonds is 9. The van der Waals surface area contributed by atoms with Gasteiger partial charge in [0.15, 0.2) is 0 Å². The largest absolute Gasteiger partial charge is 0.459 e. The van der Waals surface area contributed by atoms with Crippen molar-refractivity contribution in [3.63, 3.8) is 0 Å². The van der Waals surface area contributed by atoms with Gasteiger partial charge >= 0.3 is 17.9 Å². The molecule has 52 heavy (non-hydrogen) atoms. The summed E-state index contributed by atoms with van der Waals surface area (Å²) < 4.78 is 34.1. The molecule has 0 radical (unpaired) electrons. The molecule has 0 aliphatic carbocycles. The maximum atomic E-state index is 15.6. The Morgan fingerprint density at radius 1 is 0.519 bits per heavy atom. The first-order chi connectivity index (χ1) is 23.7. The Bertz CT molecular complexity index is 1380. The van der Waals surface area contributed by atoms with Gasteiger partial charge < -0.3 is 14.2 Å². The van der Waals surface area contributed by atoms with E-state index in [1.165, 1.54) is 0 Å². The summed E-state index contributed by atoms with van der Waals surface area (Å²) in [4.78, 5) is 49.9. The van der Waals surface area contributed by atoms with E-state index in [9.17, 15) is 14.4 Å². The van der Waals surface area contributed by atoms with Crippen LogP contribution in [0, 0.1) is 5.82 Å². The van der Waals surface area contributed by atoms with E-state index >= 15 is 4.39 Å². The Labute approximate surface area is 313 Å². The first kappa shape index (κ1) is 42.2. The Hall–Kier alpha value is -2.56. The van der Waals surface area contributed by atoms with E-state index < -0.39 is 42.0 Å². The minimum absolute atomic E-state index is 0.276. The Morgan fingerprint density at radius 3 is 0.981 bits per heavy atom. The van der Waals surface area contributed by atoms with Crippen LogP contribution in [-0.4, -0.2) is 104 Å². The van der Waals surface area contributed by atoms with Gasteiger partial charge in [-0.1, -0.05) is 20.8 Å². The van der Waals surface area contributed by atoms with Crippen LogP contribution in [0.4, 0.5) is 4.39 Å². The number of piperidine rings is 3. The van der Waals surface area contributed by atoms with Crippen LogP contribution >= 0.6 is 0 Å². The highest BCUT2D eigenvalue weighted by Crippen LogP contribution is 2.43. The van der Waals surface area contributed by atoms with Crippen LogP contribution in [0.25, 0.3) is 0 Å². The normalized spacial score (nSPS) is 25.0. The number of esters is 3. The molecule has 294 valence electrons. The van der Waals surface area contributed by atoms with E-state index in [2.05, 4.69) is 119 Å². The number of likely N-dealkylation sites (tertiary alicyclic amines) is 3. The van der Waals surface area contributed by atoms with Crippen LogP contribution in [0.5, 0.6) is 0 Å². The molecule has 0 unspecified atom stereocenters. The average Bonchev–Trinajstić information content (AvgIpc) is 2.93. The van der Waals surface area contributed by atoms with E-state index in [0.29, 0.717) is 38.5 Å². The average molecular weight is 730 g/mol. The van der Waals surface area contributed by atoms with E-state index in [1.54, 1.807) is 0 Å². The molecule has 3 fully saturated rings. The third kappa shape index (κ3) is 8.54. The molecule has 0 saturated carbocycles. The number of hydrogen-bond acceptors (Lipinski definition) is 9. The molecule has 1 aromatic carbocycles. The number of hydrogen-bond donors (Lipinski definition) is 0. The van der Waals surface area contributed by atoms with Crippen LogP contribution in [0.2, 0.25) is 0 Å². The van der Waals surface area contributed by atoms with Crippen molar-refractivity contribution in [2.75, 3.05) is 19.6 Å².